The van der Waals surface area contributed by atoms with E-state index < -0.39 is 10.2 Å². The summed E-state index contributed by atoms with van der Waals surface area (Å²) in [5.41, 5.74) is 0. The Kier molecular flexibility index (Phi) is 4.97. The van der Waals surface area contributed by atoms with Crippen molar-refractivity contribution in [2.45, 2.75) is 31.7 Å². The smallest absolute Gasteiger partial charge is 0.279 e. The molecule has 0 atom stereocenters. The van der Waals surface area contributed by atoms with Crippen LogP contribution in [-0.4, -0.2) is 56.8 Å². The maximum atomic E-state index is 12.2. The maximum Gasteiger partial charge on any atom is 0.279 e. The molecule has 2 heterocycles. The third-order valence-corrected chi connectivity index (χ3v) is 5.38. The van der Waals surface area contributed by atoms with Crippen molar-refractivity contribution in [3.63, 3.8) is 0 Å². The van der Waals surface area contributed by atoms with Gasteiger partial charge in [-0.2, -0.15) is 17.4 Å². The Morgan fingerprint density at radius 2 is 1.78 bits per heavy atom. The Morgan fingerprint density at radius 3 is 2.33 bits per heavy atom. The molecule has 0 bridgehead atoms. The van der Waals surface area contributed by atoms with E-state index in [0.29, 0.717) is 26.3 Å². The lowest BCUT2D eigenvalue weighted by molar-refractivity contribution is 0.0825. The second kappa shape index (κ2) is 6.29. The van der Waals surface area contributed by atoms with Gasteiger partial charge in [-0.1, -0.05) is 0 Å². The van der Waals surface area contributed by atoms with Crippen molar-refractivity contribution in [2.24, 2.45) is 5.92 Å². The molecule has 106 valence electrons. The zero-order valence-corrected chi connectivity index (χ0v) is 11.4. The van der Waals surface area contributed by atoms with Gasteiger partial charge in [0.25, 0.3) is 10.2 Å². The van der Waals surface area contributed by atoms with E-state index in [1.165, 1.54) is 4.31 Å². The summed E-state index contributed by atoms with van der Waals surface area (Å²) in [6, 6.07) is -0.000634. The fourth-order valence-corrected chi connectivity index (χ4v) is 3.93. The molecule has 7 heteroatoms. The van der Waals surface area contributed by atoms with Gasteiger partial charge in [-0.15, -0.1) is 0 Å². The highest BCUT2D eigenvalue weighted by Crippen LogP contribution is 2.19. The molecular weight excluding hydrogens is 256 g/mol. The SMILES string of the molecule is O=S(=O)(NC1CCOCC1)N1CCC(CO)CC1. The first-order valence-corrected chi connectivity index (χ1v) is 8.02. The second-order valence-corrected chi connectivity index (χ2v) is 6.74. The number of nitrogens with one attached hydrogen (secondary N) is 1. The predicted molar refractivity (Wildman–Crippen MR) is 67.3 cm³/mol. The molecule has 2 fully saturated rings. The molecule has 2 aliphatic heterocycles. The average molecular weight is 278 g/mol. The number of rotatable bonds is 4. The largest absolute Gasteiger partial charge is 0.396 e. The molecule has 2 saturated heterocycles. The summed E-state index contributed by atoms with van der Waals surface area (Å²) >= 11 is 0. The molecule has 0 unspecified atom stereocenters. The van der Waals surface area contributed by atoms with Gasteiger partial charge >= 0.3 is 0 Å². The molecule has 0 aliphatic carbocycles. The van der Waals surface area contributed by atoms with E-state index in [1.807, 2.05) is 0 Å². The van der Waals surface area contributed by atoms with E-state index in [1.54, 1.807) is 0 Å². The Labute approximate surface area is 108 Å². The van der Waals surface area contributed by atoms with Crippen molar-refractivity contribution in [3.05, 3.63) is 0 Å². The Bertz CT molecular complexity index is 346. The van der Waals surface area contributed by atoms with Crippen LogP contribution in [0.25, 0.3) is 0 Å². The Morgan fingerprint density at radius 1 is 1.17 bits per heavy atom. The van der Waals surface area contributed by atoms with E-state index in [4.69, 9.17) is 9.84 Å². The van der Waals surface area contributed by atoms with Crippen LogP contribution >= 0.6 is 0 Å². The lowest BCUT2D eigenvalue weighted by Gasteiger charge is -2.32. The highest BCUT2D eigenvalue weighted by molar-refractivity contribution is 7.87. The third kappa shape index (κ3) is 3.64. The third-order valence-electron chi connectivity index (χ3n) is 3.71. The van der Waals surface area contributed by atoms with Crippen molar-refractivity contribution in [3.8, 4) is 0 Å². The lowest BCUT2D eigenvalue weighted by atomic mass is 10.00. The molecule has 0 aromatic rings. The number of aliphatic hydroxyl groups excluding tert-OH is 1. The molecule has 0 aromatic heterocycles. The first-order valence-electron chi connectivity index (χ1n) is 6.58. The number of aliphatic hydroxyl groups is 1. The molecule has 6 nitrogen and oxygen atoms in total. The quantitative estimate of drug-likeness (QED) is 0.740. The van der Waals surface area contributed by atoms with E-state index >= 15 is 0 Å². The first kappa shape index (κ1) is 14.2. The number of nitrogens with zero attached hydrogens (tertiary/aromatic N) is 1. The molecule has 2 rings (SSSR count). The molecular formula is C11H22N2O4S. The van der Waals surface area contributed by atoms with Gasteiger partial charge in [0.15, 0.2) is 0 Å². The average Bonchev–Trinajstić information content (AvgIpc) is 2.39. The van der Waals surface area contributed by atoms with E-state index in [2.05, 4.69) is 4.72 Å². The van der Waals surface area contributed by atoms with Crippen molar-refractivity contribution in [1.82, 2.24) is 9.03 Å². The predicted octanol–water partition coefficient (Wildman–Crippen LogP) is -0.296. The van der Waals surface area contributed by atoms with E-state index in [-0.39, 0.29) is 18.6 Å². The molecule has 0 radical (unpaired) electrons. The maximum absolute atomic E-state index is 12.2. The van der Waals surface area contributed by atoms with E-state index in [0.717, 1.165) is 25.7 Å². The summed E-state index contributed by atoms with van der Waals surface area (Å²) in [5.74, 6) is 0.250. The second-order valence-electron chi connectivity index (χ2n) is 5.03. The van der Waals surface area contributed by atoms with Crippen molar-refractivity contribution in [2.75, 3.05) is 32.9 Å². The fraction of sp³-hybridized carbons (Fsp3) is 1.00. The number of piperidine rings is 1. The Balaban J connectivity index is 1.86. The molecule has 2 aliphatic rings. The van der Waals surface area contributed by atoms with E-state index in [9.17, 15) is 8.42 Å². The zero-order chi connectivity index (χ0) is 13.0. The van der Waals surface area contributed by atoms with Gasteiger partial charge in [0.1, 0.15) is 0 Å². The number of hydrogen-bond donors (Lipinski definition) is 2. The highest BCUT2D eigenvalue weighted by Gasteiger charge is 2.29. The molecule has 0 aromatic carbocycles. The lowest BCUT2D eigenvalue weighted by Crippen LogP contribution is -2.49. The minimum Gasteiger partial charge on any atom is -0.396 e. The van der Waals surface area contributed by atoms with Crippen LogP contribution in [0, 0.1) is 5.92 Å². The van der Waals surface area contributed by atoms with Gasteiger partial charge in [-0.3, -0.25) is 0 Å². The normalized spacial score (nSPS) is 25.4. The van der Waals surface area contributed by atoms with Gasteiger partial charge in [0.2, 0.25) is 0 Å². The molecule has 0 spiro atoms. The summed E-state index contributed by atoms with van der Waals surface area (Å²) in [5, 5.41) is 9.04. The van der Waals surface area contributed by atoms with Crippen LogP contribution in [0.3, 0.4) is 0 Å². The minimum absolute atomic E-state index is 0.000634. The Hall–Kier alpha value is -0.210. The molecule has 0 amide bonds. The van der Waals surface area contributed by atoms with Crippen LogP contribution in [-0.2, 0) is 14.9 Å². The standard InChI is InChI=1S/C11H22N2O4S/c14-9-10-1-5-13(6-2-10)18(15,16)12-11-3-7-17-8-4-11/h10-12,14H,1-9H2. The first-order chi connectivity index (χ1) is 8.62. The van der Waals surface area contributed by atoms with Gasteiger partial charge in [0, 0.05) is 39.0 Å². The highest BCUT2D eigenvalue weighted by atomic mass is 32.2. The fourth-order valence-electron chi connectivity index (χ4n) is 2.43. The number of hydrogen-bond acceptors (Lipinski definition) is 4. The van der Waals surface area contributed by atoms with Crippen LogP contribution in [0.4, 0.5) is 0 Å². The van der Waals surface area contributed by atoms with Crippen LogP contribution in [0.1, 0.15) is 25.7 Å². The number of ether oxygens (including phenoxy) is 1. The summed E-state index contributed by atoms with van der Waals surface area (Å²) in [6.07, 6.45) is 2.97. The summed E-state index contributed by atoms with van der Waals surface area (Å²) in [4.78, 5) is 0. The molecule has 0 saturated carbocycles. The van der Waals surface area contributed by atoms with Crippen LogP contribution < -0.4 is 4.72 Å². The van der Waals surface area contributed by atoms with Crippen LogP contribution in [0.5, 0.6) is 0 Å². The minimum atomic E-state index is -3.37. The van der Waals surface area contributed by atoms with Gasteiger partial charge in [-0.05, 0) is 31.6 Å². The van der Waals surface area contributed by atoms with Crippen molar-refractivity contribution >= 4 is 10.2 Å². The van der Waals surface area contributed by atoms with Gasteiger partial charge in [-0.25, -0.2) is 0 Å². The van der Waals surface area contributed by atoms with Crippen molar-refractivity contribution in [1.29, 1.82) is 0 Å². The molecule has 2 N–H and O–H groups in total. The topological polar surface area (TPSA) is 78.9 Å². The zero-order valence-electron chi connectivity index (χ0n) is 10.5. The van der Waals surface area contributed by atoms with Gasteiger partial charge < -0.3 is 9.84 Å². The monoisotopic (exact) mass is 278 g/mol. The summed E-state index contributed by atoms with van der Waals surface area (Å²) in [6.45, 7) is 2.41. The summed E-state index contributed by atoms with van der Waals surface area (Å²) < 4.78 is 33.8. The van der Waals surface area contributed by atoms with Gasteiger partial charge in [0.05, 0.1) is 0 Å². The summed E-state index contributed by atoms with van der Waals surface area (Å²) in [7, 11) is -3.37. The van der Waals surface area contributed by atoms with Crippen molar-refractivity contribution < 1.29 is 18.3 Å². The van der Waals surface area contributed by atoms with Crippen LogP contribution in [0.2, 0.25) is 0 Å². The molecule has 18 heavy (non-hydrogen) atoms. The van der Waals surface area contributed by atoms with Crippen LogP contribution in [0.15, 0.2) is 0 Å².